The molecule has 174 valence electrons. The van der Waals surface area contributed by atoms with Gasteiger partial charge in [-0.3, -0.25) is 14.5 Å². The van der Waals surface area contributed by atoms with Crippen molar-refractivity contribution in [1.29, 1.82) is 0 Å². The highest BCUT2D eigenvalue weighted by molar-refractivity contribution is 5.94. The molecule has 0 radical (unpaired) electrons. The van der Waals surface area contributed by atoms with Gasteiger partial charge in [0.2, 0.25) is 0 Å². The van der Waals surface area contributed by atoms with Crippen molar-refractivity contribution in [3.8, 4) is 5.75 Å². The number of benzene rings is 2. The van der Waals surface area contributed by atoms with Gasteiger partial charge in [-0.05, 0) is 68.0 Å². The summed E-state index contributed by atoms with van der Waals surface area (Å²) in [6.45, 7) is 8.26. The molecule has 0 spiro atoms. The molecule has 2 fully saturated rings. The number of carbonyl (C=O) groups excluding carboxylic acids is 2. The number of amides is 1. The topological polar surface area (TPSA) is 49.9 Å². The Labute approximate surface area is 197 Å². The number of likely N-dealkylation sites (tertiary alicyclic amines) is 1. The third kappa shape index (κ3) is 4.88. The summed E-state index contributed by atoms with van der Waals surface area (Å²) in [5.74, 6) is 0.844. The van der Waals surface area contributed by atoms with Gasteiger partial charge < -0.3 is 9.64 Å². The van der Waals surface area contributed by atoms with Gasteiger partial charge in [0.05, 0.1) is 0 Å². The Kier molecular flexibility index (Phi) is 6.99. The molecule has 33 heavy (non-hydrogen) atoms. The van der Waals surface area contributed by atoms with E-state index >= 15 is 0 Å². The maximum absolute atomic E-state index is 13.2. The molecule has 1 saturated heterocycles. The summed E-state index contributed by atoms with van der Waals surface area (Å²) >= 11 is 0. The van der Waals surface area contributed by atoms with Gasteiger partial charge in [0.15, 0.2) is 0 Å². The maximum atomic E-state index is 13.2. The van der Waals surface area contributed by atoms with E-state index in [2.05, 4.69) is 17.5 Å². The largest absolute Gasteiger partial charge is 0.427 e. The van der Waals surface area contributed by atoms with Crippen LogP contribution in [0.15, 0.2) is 67.3 Å². The standard InChI is InChI=1S/C28H34N2O3/c1-4-16-30-17-15-28(23-11-8-12-26(18-23)33-21(2)31)19-25(14-13-24(28)20-30)29(3)27(32)22-9-6-5-7-10-22/h4-12,18,24-25H,1,13-17,19-20H2,2-3H3. The van der Waals surface area contributed by atoms with E-state index in [1.807, 2.05) is 66.6 Å². The molecule has 1 aliphatic heterocycles. The third-order valence-corrected chi connectivity index (χ3v) is 7.53. The van der Waals surface area contributed by atoms with Gasteiger partial charge >= 0.3 is 5.97 Å². The molecular formula is C28H34N2O3. The summed E-state index contributed by atoms with van der Waals surface area (Å²) < 4.78 is 5.43. The van der Waals surface area contributed by atoms with Crippen LogP contribution in [0.2, 0.25) is 0 Å². The minimum atomic E-state index is -0.309. The molecule has 0 bridgehead atoms. The Morgan fingerprint density at radius 3 is 2.70 bits per heavy atom. The predicted octanol–water partition coefficient (Wildman–Crippen LogP) is 4.68. The first-order valence-corrected chi connectivity index (χ1v) is 11.9. The van der Waals surface area contributed by atoms with Crippen molar-refractivity contribution in [2.24, 2.45) is 5.92 Å². The summed E-state index contributed by atoms with van der Waals surface area (Å²) in [6, 6.07) is 17.7. The van der Waals surface area contributed by atoms with Crippen molar-refractivity contribution in [2.75, 3.05) is 26.7 Å². The van der Waals surface area contributed by atoms with E-state index in [-0.39, 0.29) is 23.3 Å². The van der Waals surface area contributed by atoms with Gasteiger partial charge in [-0.2, -0.15) is 0 Å². The molecule has 4 rings (SSSR count). The number of hydrogen-bond donors (Lipinski definition) is 0. The number of esters is 1. The Balaban J connectivity index is 1.64. The quantitative estimate of drug-likeness (QED) is 0.367. The van der Waals surface area contributed by atoms with Crippen LogP contribution >= 0.6 is 0 Å². The number of rotatable bonds is 6. The molecule has 1 heterocycles. The van der Waals surface area contributed by atoms with Crippen LogP contribution < -0.4 is 4.74 Å². The molecule has 5 nitrogen and oxygen atoms in total. The van der Waals surface area contributed by atoms with Crippen molar-refractivity contribution in [2.45, 2.75) is 44.1 Å². The van der Waals surface area contributed by atoms with E-state index in [0.717, 1.165) is 50.9 Å². The van der Waals surface area contributed by atoms with E-state index < -0.39 is 0 Å². The number of piperidine rings is 1. The van der Waals surface area contributed by atoms with Crippen LogP contribution in [0.1, 0.15) is 48.5 Å². The lowest BCUT2D eigenvalue weighted by atomic mass is 9.57. The first-order chi connectivity index (χ1) is 15.9. The summed E-state index contributed by atoms with van der Waals surface area (Å²) in [5, 5.41) is 0. The summed E-state index contributed by atoms with van der Waals surface area (Å²) in [5.41, 5.74) is 1.89. The second kappa shape index (κ2) is 9.92. The fourth-order valence-electron chi connectivity index (χ4n) is 5.85. The molecule has 0 N–H and O–H groups in total. The molecule has 3 unspecified atom stereocenters. The number of ether oxygens (including phenoxy) is 1. The van der Waals surface area contributed by atoms with Gasteiger partial charge in [-0.15, -0.1) is 6.58 Å². The van der Waals surface area contributed by atoms with E-state index in [9.17, 15) is 9.59 Å². The number of hydrogen-bond acceptors (Lipinski definition) is 4. The van der Waals surface area contributed by atoms with Crippen molar-refractivity contribution in [1.82, 2.24) is 9.80 Å². The molecule has 1 amide bonds. The highest BCUT2D eigenvalue weighted by atomic mass is 16.5. The average Bonchev–Trinajstić information content (AvgIpc) is 2.83. The van der Waals surface area contributed by atoms with Gasteiger partial charge in [0, 0.05) is 44.1 Å². The van der Waals surface area contributed by atoms with E-state index in [1.165, 1.54) is 12.5 Å². The highest BCUT2D eigenvalue weighted by Crippen LogP contribution is 2.50. The second-order valence-corrected chi connectivity index (χ2v) is 9.49. The van der Waals surface area contributed by atoms with Gasteiger partial charge in [-0.25, -0.2) is 0 Å². The minimum Gasteiger partial charge on any atom is -0.427 e. The van der Waals surface area contributed by atoms with Crippen molar-refractivity contribution < 1.29 is 14.3 Å². The first-order valence-electron chi connectivity index (χ1n) is 11.9. The van der Waals surface area contributed by atoms with Crippen molar-refractivity contribution in [3.05, 3.63) is 78.4 Å². The molecule has 5 heteroatoms. The average molecular weight is 447 g/mol. The Morgan fingerprint density at radius 2 is 1.97 bits per heavy atom. The zero-order chi connectivity index (χ0) is 23.4. The SMILES string of the molecule is C=CCN1CCC2(c3cccc(OC(C)=O)c3)CC(N(C)C(=O)c3ccccc3)CCC2C1. The number of fused-ring (bicyclic) bond motifs is 1. The van der Waals surface area contributed by atoms with Gasteiger partial charge in [-0.1, -0.05) is 36.4 Å². The van der Waals surface area contributed by atoms with Crippen LogP contribution in [0, 0.1) is 5.92 Å². The Morgan fingerprint density at radius 1 is 1.18 bits per heavy atom. The second-order valence-electron chi connectivity index (χ2n) is 9.49. The normalized spacial score (nSPS) is 25.0. The van der Waals surface area contributed by atoms with Gasteiger partial charge in [0.25, 0.3) is 5.91 Å². The smallest absolute Gasteiger partial charge is 0.308 e. The first kappa shape index (κ1) is 23.2. The van der Waals surface area contributed by atoms with Crippen LogP contribution in [0.5, 0.6) is 5.75 Å². The van der Waals surface area contributed by atoms with E-state index in [0.29, 0.717) is 11.7 Å². The lowest BCUT2D eigenvalue weighted by molar-refractivity contribution is -0.131. The third-order valence-electron chi connectivity index (χ3n) is 7.53. The molecule has 0 aromatic heterocycles. The predicted molar refractivity (Wildman–Crippen MR) is 130 cm³/mol. The Bertz CT molecular complexity index is 1010. The Hall–Kier alpha value is -2.92. The van der Waals surface area contributed by atoms with E-state index in [4.69, 9.17) is 4.74 Å². The number of carbonyl (C=O) groups is 2. The van der Waals surface area contributed by atoms with E-state index in [1.54, 1.807) is 0 Å². The van der Waals surface area contributed by atoms with Crippen LogP contribution in [0.25, 0.3) is 0 Å². The van der Waals surface area contributed by atoms with Crippen molar-refractivity contribution in [3.63, 3.8) is 0 Å². The highest BCUT2D eigenvalue weighted by Gasteiger charge is 2.49. The van der Waals surface area contributed by atoms with Crippen LogP contribution in [0.3, 0.4) is 0 Å². The lowest BCUT2D eigenvalue weighted by Crippen LogP contribution is -2.56. The molecular weight excluding hydrogens is 412 g/mol. The lowest BCUT2D eigenvalue weighted by Gasteiger charge is -2.54. The maximum Gasteiger partial charge on any atom is 0.308 e. The summed E-state index contributed by atoms with van der Waals surface area (Å²) in [7, 11) is 1.94. The van der Waals surface area contributed by atoms with Gasteiger partial charge in [0.1, 0.15) is 5.75 Å². The van der Waals surface area contributed by atoms with Crippen LogP contribution in [-0.4, -0.2) is 54.4 Å². The number of nitrogens with zero attached hydrogens (tertiary/aromatic N) is 2. The molecule has 3 atom stereocenters. The fourth-order valence-corrected chi connectivity index (χ4v) is 5.85. The summed E-state index contributed by atoms with van der Waals surface area (Å²) in [6.07, 6.45) is 5.96. The van der Waals surface area contributed by atoms with Crippen LogP contribution in [-0.2, 0) is 10.2 Å². The summed E-state index contributed by atoms with van der Waals surface area (Å²) in [4.78, 5) is 29.2. The molecule has 2 aromatic carbocycles. The monoisotopic (exact) mass is 446 g/mol. The van der Waals surface area contributed by atoms with Crippen LogP contribution in [0.4, 0.5) is 0 Å². The molecule has 2 aliphatic rings. The zero-order valence-corrected chi connectivity index (χ0v) is 19.7. The van der Waals surface area contributed by atoms with Crippen molar-refractivity contribution >= 4 is 11.9 Å². The molecule has 1 aliphatic carbocycles. The minimum absolute atomic E-state index is 0.0536. The molecule has 2 aromatic rings. The fraction of sp³-hybridized carbons (Fsp3) is 0.429. The molecule has 1 saturated carbocycles. The zero-order valence-electron chi connectivity index (χ0n) is 19.7.